The highest BCUT2D eigenvalue weighted by Crippen LogP contribution is 2.31. The summed E-state index contributed by atoms with van der Waals surface area (Å²) in [7, 11) is 0. The second-order valence-electron chi connectivity index (χ2n) is 5.02. The molecule has 0 aliphatic heterocycles. The Morgan fingerprint density at radius 3 is 2.68 bits per heavy atom. The van der Waals surface area contributed by atoms with Crippen LogP contribution >= 0.6 is 0 Å². The molecular formula is C17H10F3N3O2. The Morgan fingerprint density at radius 1 is 1.12 bits per heavy atom. The summed E-state index contributed by atoms with van der Waals surface area (Å²) in [6.45, 7) is -0.0686. The lowest BCUT2D eigenvalue weighted by Gasteiger charge is -2.06. The molecule has 5 nitrogen and oxygen atoms in total. The zero-order valence-corrected chi connectivity index (χ0v) is 12.6. The molecule has 2 aromatic carbocycles. The summed E-state index contributed by atoms with van der Waals surface area (Å²) in [5.74, 6) is 0.586. The van der Waals surface area contributed by atoms with Crippen LogP contribution in [0.2, 0.25) is 0 Å². The van der Waals surface area contributed by atoms with Gasteiger partial charge in [0.2, 0.25) is 5.82 Å². The molecule has 0 aliphatic carbocycles. The van der Waals surface area contributed by atoms with E-state index in [1.807, 2.05) is 6.07 Å². The minimum atomic E-state index is -4.45. The van der Waals surface area contributed by atoms with Crippen molar-refractivity contribution in [2.45, 2.75) is 12.8 Å². The van der Waals surface area contributed by atoms with Crippen LogP contribution in [-0.4, -0.2) is 10.1 Å². The summed E-state index contributed by atoms with van der Waals surface area (Å²) in [6.07, 6.45) is -4.45. The number of halogens is 3. The third kappa shape index (κ3) is 3.95. The first-order chi connectivity index (χ1) is 12.0. The number of nitriles is 1. The largest absolute Gasteiger partial charge is 0.484 e. The Morgan fingerprint density at radius 2 is 1.92 bits per heavy atom. The Bertz CT molecular complexity index is 929. The van der Waals surface area contributed by atoms with Gasteiger partial charge < -0.3 is 9.26 Å². The molecule has 0 unspecified atom stereocenters. The lowest BCUT2D eigenvalue weighted by molar-refractivity contribution is -0.137. The van der Waals surface area contributed by atoms with E-state index in [4.69, 9.17) is 14.5 Å². The molecule has 0 saturated carbocycles. The normalized spacial score (nSPS) is 11.1. The summed E-state index contributed by atoms with van der Waals surface area (Å²) >= 11 is 0. The van der Waals surface area contributed by atoms with Gasteiger partial charge >= 0.3 is 6.18 Å². The molecule has 25 heavy (non-hydrogen) atoms. The number of hydrogen-bond donors (Lipinski definition) is 0. The fourth-order valence-corrected chi connectivity index (χ4v) is 2.07. The van der Waals surface area contributed by atoms with Gasteiger partial charge in [0, 0.05) is 5.56 Å². The highest BCUT2D eigenvalue weighted by molar-refractivity contribution is 5.55. The van der Waals surface area contributed by atoms with Crippen molar-refractivity contribution in [3.05, 3.63) is 65.5 Å². The van der Waals surface area contributed by atoms with Crippen LogP contribution < -0.4 is 4.74 Å². The average Bonchev–Trinajstić information content (AvgIpc) is 3.09. The maximum Gasteiger partial charge on any atom is 0.416 e. The van der Waals surface area contributed by atoms with E-state index in [2.05, 4.69) is 10.1 Å². The van der Waals surface area contributed by atoms with Crippen molar-refractivity contribution >= 4 is 0 Å². The van der Waals surface area contributed by atoms with Crippen molar-refractivity contribution in [2.75, 3.05) is 0 Å². The number of nitrogens with zero attached hydrogens (tertiary/aromatic N) is 3. The lowest BCUT2D eigenvalue weighted by atomic mass is 10.1. The van der Waals surface area contributed by atoms with Gasteiger partial charge in [-0.1, -0.05) is 23.4 Å². The molecule has 8 heteroatoms. The van der Waals surface area contributed by atoms with E-state index in [9.17, 15) is 13.2 Å². The molecule has 0 atom stereocenters. The number of ether oxygens (including phenoxy) is 1. The molecule has 1 heterocycles. The van der Waals surface area contributed by atoms with E-state index < -0.39 is 11.7 Å². The van der Waals surface area contributed by atoms with E-state index >= 15 is 0 Å². The van der Waals surface area contributed by atoms with E-state index in [-0.39, 0.29) is 23.9 Å². The van der Waals surface area contributed by atoms with Gasteiger partial charge in [-0.25, -0.2) is 0 Å². The molecule has 3 aromatic rings. The van der Waals surface area contributed by atoms with Crippen molar-refractivity contribution in [3.63, 3.8) is 0 Å². The first-order valence-corrected chi connectivity index (χ1v) is 7.09. The van der Waals surface area contributed by atoms with Crippen LogP contribution in [0.4, 0.5) is 13.2 Å². The summed E-state index contributed by atoms with van der Waals surface area (Å²) in [5.41, 5.74) is -0.162. The minimum Gasteiger partial charge on any atom is -0.484 e. The predicted molar refractivity (Wildman–Crippen MR) is 80.2 cm³/mol. The molecule has 0 amide bonds. The molecule has 0 fully saturated rings. The second kappa shape index (κ2) is 6.65. The monoisotopic (exact) mass is 345 g/mol. The van der Waals surface area contributed by atoms with Crippen LogP contribution in [0.15, 0.2) is 53.1 Å². The van der Waals surface area contributed by atoms with Crippen molar-refractivity contribution in [3.8, 4) is 23.2 Å². The SMILES string of the molecule is N#Cc1cccc(OCc2nc(-c3cccc(C(F)(F)F)c3)no2)c1. The molecule has 0 aliphatic rings. The molecule has 1 aromatic heterocycles. The van der Waals surface area contributed by atoms with E-state index in [0.717, 1.165) is 12.1 Å². The Hall–Kier alpha value is -3.34. The Labute approximate surface area is 140 Å². The minimum absolute atomic E-state index is 0.0375. The fourth-order valence-electron chi connectivity index (χ4n) is 2.07. The van der Waals surface area contributed by atoms with Gasteiger partial charge in [0.05, 0.1) is 17.2 Å². The quantitative estimate of drug-likeness (QED) is 0.708. The van der Waals surface area contributed by atoms with Gasteiger partial charge in [0.15, 0.2) is 6.61 Å². The maximum atomic E-state index is 12.8. The van der Waals surface area contributed by atoms with Crippen molar-refractivity contribution in [1.82, 2.24) is 10.1 Å². The first-order valence-electron chi connectivity index (χ1n) is 7.09. The highest BCUT2D eigenvalue weighted by Gasteiger charge is 2.30. The summed E-state index contributed by atoms with van der Waals surface area (Å²) < 4.78 is 48.7. The van der Waals surface area contributed by atoms with Crippen molar-refractivity contribution in [1.29, 1.82) is 5.26 Å². The standard InChI is InChI=1S/C17H10F3N3O2/c18-17(19,20)13-5-2-4-12(8-13)16-22-15(25-23-16)10-24-14-6-1-3-11(7-14)9-21/h1-8H,10H2. The maximum absolute atomic E-state index is 12.8. The fraction of sp³-hybridized carbons (Fsp3) is 0.118. The van der Waals surface area contributed by atoms with Crippen molar-refractivity contribution < 1.29 is 22.4 Å². The molecule has 126 valence electrons. The molecule has 3 rings (SSSR count). The van der Waals surface area contributed by atoms with Crippen LogP contribution in [-0.2, 0) is 12.8 Å². The van der Waals surface area contributed by atoms with Crippen LogP contribution in [0, 0.1) is 11.3 Å². The number of rotatable bonds is 4. The Balaban J connectivity index is 1.73. The van der Waals surface area contributed by atoms with Crippen molar-refractivity contribution in [2.24, 2.45) is 0 Å². The first kappa shape index (κ1) is 16.5. The number of benzene rings is 2. The van der Waals surface area contributed by atoms with Gasteiger partial charge in [0.25, 0.3) is 5.89 Å². The molecule has 0 bridgehead atoms. The molecule has 0 saturated heterocycles. The molecular weight excluding hydrogens is 335 g/mol. The Kier molecular flexibility index (Phi) is 4.39. The molecule has 0 spiro atoms. The number of aromatic nitrogens is 2. The third-order valence-electron chi connectivity index (χ3n) is 3.24. The average molecular weight is 345 g/mol. The van der Waals surface area contributed by atoms with Crippen LogP contribution in [0.25, 0.3) is 11.4 Å². The smallest absolute Gasteiger partial charge is 0.416 e. The molecule has 0 N–H and O–H groups in total. The summed E-state index contributed by atoms with van der Waals surface area (Å²) in [6, 6.07) is 13.1. The summed E-state index contributed by atoms with van der Waals surface area (Å²) in [4.78, 5) is 4.03. The predicted octanol–water partition coefficient (Wildman–Crippen LogP) is 4.21. The number of hydrogen-bond acceptors (Lipinski definition) is 5. The van der Waals surface area contributed by atoms with E-state index in [0.29, 0.717) is 11.3 Å². The lowest BCUT2D eigenvalue weighted by Crippen LogP contribution is -2.04. The van der Waals surface area contributed by atoms with Gasteiger partial charge in [-0.05, 0) is 30.3 Å². The zero-order valence-electron chi connectivity index (χ0n) is 12.6. The highest BCUT2D eigenvalue weighted by atomic mass is 19.4. The van der Waals surface area contributed by atoms with Gasteiger partial charge in [-0.2, -0.15) is 23.4 Å². The van der Waals surface area contributed by atoms with Crippen LogP contribution in [0.1, 0.15) is 17.0 Å². The topological polar surface area (TPSA) is 71.9 Å². The third-order valence-corrected chi connectivity index (χ3v) is 3.24. The molecule has 0 radical (unpaired) electrons. The van der Waals surface area contributed by atoms with Crippen LogP contribution in [0.5, 0.6) is 5.75 Å². The summed E-state index contributed by atoms with van der Waals surface area (Å²) in [5, 5.41) is 12.5. The van der Waals surface area contributed by atoms with Crippen LogP contribution in [0.3, 0.4) is 0 Å². The zero-order chi connectivity index (χ0) is 17.9. The van der Waals surface area contributed by atoms with Gasteiger partial charge in [0.1, 0.15) is 5.75 Å². The van der Waals surface area contributed by atoms with Gasteiger partial charge in [-0.3, -0.25) is 0 Å². The van der Waals surface area contributed by atoms with Gasteiger partial charge in [-0.15, -0.1) is 0 Å². The second-order valence-corrected chi connectivity index (χ2v) is 5.02. The number of alkyl halides is 3. The van der Waals surface area contributed by atoms with E-state index in [1.165, 1.54) is 12.1 Å². The van der Waals surface area contributed by atoms with E-state index in [1.54, 1.807) is 24.3 Å².